The summed E-state index contributed by atoms with van der Waals surface area (Å²) in [5.41, 5.74) is 0. The quantitative estimate of drug-likeness (QED) is 0.478. The van der Waals surface area contributed by atoms with E-state index in [1.807, 2.05) is 0 Å². The molecule has 0 aliphatic carbocycles. The number of alkyl halides is 1. The fourth-order valence-electron chi connectivity index (χ4n) is 1.36. The van der Waals surface area contributed by atoms with Crippen LogP contribution in [-0.4, -0.2) is 41.7 Å². The lowest BCUT2D eigenvalue weighted by Crippen LogP contribution is -2.52. The van der Waals surface area contributed by atoms with E-state index in [0.717, 1.165) is 0 Å². The summed E-state index contributed by atoms with van der Waals surface area (Å²) in [5.74, 6) is -0.473. The molecule has 1 fully saturated rings. The lowest BCUT2D eigenvalue weighted by molar-refractivity contribution is -0.0543. The van der Waals surface area contributed by atoms with Crippen LogP contribution in [0, 0.1) is 5.92 Å². The van der Waals surface area contributed by atoms with Gasteiger partial charge >= 0.3 is 0 Å². The molecule has 3 N–H and O–H groups in total. The number of halogens is 1. The molecule has 1 aliphatic rings. The van der Waals surface area contributed by atoms with Crippen molar-refractivity contribution in [3.05, 3.63) is 0 Å². The third-order valence-electron chi connectivity index (χ3n) is 2.16. The van der Waals surface area contributed by atoms with E-state index in [0.29, 0.717) is 13.1 Å². The zero-order chi connectivity index (χ0) is 8.43. The number of piperidine rings is 1. The number of hydrogen-bond acceptors (Lipinski definition) is 3. The summed E-state index contributed by atoms with van der Waals surface area (Å²) in [5, 5.41) is 21.2. The first kappa shape index (κ1) is 8.90. The second-order valence-electron chi connectivity index (χ2n) is 3.06. The van der Waals surface area contributed by atoms with Crippen molar-refractivity contribution in [3.63, 3.8) is 0 Å². The molecule has 4 heteroatoms. The van der Waals surface area contributed by atoms with E-state index in [2.05, 4.69) is 5.32 Å². The summed E-state index contributed by atoms with van der Waals surface area (Å²) in [4.78, 5) is 0. The van der Waals surface area contributed by atoms with Crippen molar-refractivity contribution in [2.75, 3.05) is 13.1 Å². The molecule has 0 aromatic heterocycles. The molecule has 0 saturated carbocycles. The van der Waals surface area contributed by atoms with Crippen LogP contribution in [0.15, 0.2) is 0 Å². The molecule has 0 bridgehead atoms. The van der Waals surface area contributed by atoms with Crippen molar-refractivity contribution in [3.8, 4) is 0 Å². The van der Waals surface area contributed by atoms with Gasteiger partial charge < -0.3 is 15.5 Å². The molecule has 11 heavy (non-hydrogen) atoms. The molecule has 1 rings (SSSR count). The highest BCUT2D eigenvalue weighted by molar-refractivity contribution is 4.86. The van der Waals surface area contributed by atoms with Gasteiger partial charge in [-0.1, -0.05) is 0 Å². The van der Waals surface area contributed by atoms with Gasteiger partial charge in [0.1, 0.15) is 6.17 Å². The van der Waals surface area contributed by atoms with E-state index in [1.165, 1.54) is 6.92 Å². The van der Waals surface area contributed by atoms with Crippen LogP contribution in [0.4, 0.5) is 4.39 Å². The van der Waals surface area contributed by atoms with Crippen molar-refractivity contribution in [1.29, 1.82) is 0 Å². The van der Waals surface area contributed by atoms with Crippen LogP contribution in [0.25, 0.3) is 0 Å². The first-order valence-electron chi connectivity index (χ1n) is 3.84. The predicted molar refractivity (Wildman–Crippen MR) is 38.9 cm³/mol. The minimum absolute atomic E-state index is 0.352. The molecule has 3 nitrogen and oxygen atoms in total. The van der Waals surface area contributed by atoms with Gasteiger partial charge in [0.05, 0.1) is 12.2 Å². The van der Waals surface area contributed by atoms with Crippen molar-refractivity contribution < 1.29 is 14.6 Å². The van der Waals surface area contributed by atoms with E-state index in [9.17, 15) is 9.50 Å². The molecule has 1 saturated heterocycles. The Morgan fingerprint density at radius 2 is 2.09 bits per heavy atom. The molecule has 0 radical (unpaired) electrons. The maximum absolute atomic E-state index is 12.7. The second kappa shape index (κ2) is 3.47. The molecule has 66 valence electrons. The first-order valence-corrected chi connectivity index (χ1v) is 3.84. The normalized spacial score (nSPS) is 42.0. The Balaban J connectivity index is 2.51. The molecule has 0 amide bonds. The predicted octanol–water partition coefficient (Wildman–Crippen LogP) is -0.714. The molecule has 0 aromatic carbocycles. The molecule has 4 atom stereocenters. The molecular formula is C7H14FNO2. The third kappa shape index (κ3) is 1.89. The number of hydrogen-bond donors (Lipinski definition) is 3. The Bertz CT molecular complexity index is 132. The zero-order valence-corrected chi connectivity index (χ0v) is 6.50. The molecule has 1 heterocycles. The Kier molecular flexibility index (Phi) is 2.81. The molecule has 2 unspecified atom stereocenters. The van der Waals surface area contributed by atoms with E-state index >= 15 is 0 Å². The number of nitrogens with one attached hydrogen (secondary N) is 1. The van der Waals surface area contributed by atoms with Crippen molar-refractivity contribution in [2.24, 2.45) is 5.92 Å². The van der Waals surface area contributed by atoms with Gasteiger partial charge in [0.25, 0.3) is 0 Å². The lowest BCUT2D eigenvalue weighted by Gasteiger charge is -2.33. The van der Waals surface area contributed by atoms with Gasteiger partial charge in [0.15, 0.2) is 0 Å². The fraction of sp³-hybridized carbons (Fsp3) is 1.00. The smallest absolute Gasteiger partial charge is 0.104 e. The first-order chi connectivity index (χ1) is 5.13. The highest BCUT2D eigenvalue weighted by Gasteiger charge is 2.33. The van der Waals surface area contributed by atoms with Gasteiger partial charge in [-0.3, -0.25) is 0 Å². The zero-order valence-electron chi connectivity index (χ0n) is 6.50. The largest absolute Gasteiger partial charge is 0.390 e. The van der Waals surface area contributed by atoms with Gasteiger partial charge in [0.2, 0.25) is 0 Å². The highest BCUT2D eigenvalue weighted by atomic mass is 19.1. The van der Waals surface area contributed by atoms with E-state index in [1.54, 1.807) is 0 Å². The highest BCUT2D eigenvalue weighted by Crippen LogP contribution is 2.17. The van der Waals surface area contributed by atoms with Crippen LogP contribution in [0.5, 0.6) is 0 Å². The van der Waals surface area contributed by atoms with Gasteiger partial charge in [-0.15, -0.1) is 0 Å². The fourth-order valence-corrected chi connectivity index (χ4v) is 1.36. The van der Waals surface area contributed by atoms with Crippen molar-refractivity contribution in [2.45, 2.75) is 25.3 Å². The number of aliphatic hydroxyl groups is 2. The maximum atomic E-state index is 12.7. The van der Waals surface area contributed by atoms with Crippen LogP contribution in [0.1, 0.15) is 6.92 Å². The minimum Gasteiger partial charge on any atom is -0.390 e. The number of rotatable bonds is 1. The van der Waals surface area contributed by atoms with Gasteiger partial charge in [-0.05, 0) is 6.92 Å². The summed E-state index contributed by atoms with van der Waals surface area (Å²) >= 11 is 0. The van der Waals surface area contributed by atoms with Crippen LogP contribution < -0.4 is 5.32 Å². The summed E-state index contributed by atoms with van der Waals surface area (Å²) in [6.45, 7) is 2.19. The Morgan fingerprint density at radius 1 is 1.45 bits per heavy atom. The maximum Gasteiger partial charge on any atom is 0.104 e. The Morgan fingerprint density at radius 3 is 2.55 bits per heavy atom. The molecule has 0 spiro atoms. The van der Waals surface area contributed by atoms with Gasteiger partial charge in [-0.25, -0.2) is 4.39 Å². The molecular weight excluding hydrogens is 149 g/mol. The van der Waals surface area contributed by atoms with Crippen LogP contribution in [0.2, 0.25) is 0 Å². The van der Waals surface area contributed by atoms with Crippen molar-refractivity contribution >= 4 is 0 Å². The second-order valence-corrected chi connectivity index (χ2v) is 3.06. The molecule has 0 aromatic rings. The summed E-state index contributed by atoms with van der Waals surface area (Å²) in [6, 6.07) is 0. The summed E-state index contributed by atoms with van der Waals surface area (Å²) < 4.78 is 12.7. The SMILES string of the molecule is CC(F)[C@H]1CNCC(O)[C@@H]1O. The average molecular weight is 163 g/mol. The van der Waals surface area contributed by atoms with Gasteiger partial charge in [-0.2, -0.15) is 0 Å². The average Bonchev–Trinajstić information content (AvgIpc) is 1.94. The third-order valence-corrected chi connectivity index (χ3v) is 2.16. The minimum atomic E-state index is -1.08. The van der Waals surface area contributed by atoms with Crippen molar-refractivity contribution in [1.82, 2.24) is 5.32 Å². The van der Waals surface area contributed by atoms with E-state index < -0.39 is 24.3 Å². The number of aliphatic hydroxyl groups excluding tert-OH is 2. The Hall–Kier alpha value is -0.190. The molecule has 1 aliphatic heterocycles. The monoisotopic (exact) mass is 163 g/mol. The van der Waals surface area contributed by atoms with Crippen LogP contribution in [-0.2, 0) is 0 Å². The van der Waals surface area contributed by atoms with Gasteiger partial charge in [0, 0.05) is 19.0 Å². The van der Waals surface area contributed by atoms with E-state index in [4.69, 9.17) is 5.11 Å². The van der Waals surface area contributed by atoms with Crippen LogP contribution in [0.3, 0.4) is 0 Å². The summed E-state index contributed by atoms with van der Waals surface area (Å²) in [7, 11) is 0. The lowest BCUT2D eigenvalue weighted by atomic mass is 9.91. The number of β-amino-alcohol motifs (C(OH)–C–C–N with tert-alkyl or cyclic N) is 1. The standard InChI is InChI=1S/C7H14FNO2/c1-4(8)5-2-9-3-6(10)7(5)11/h4-7,9-11H,2-3H2,1H3/t4?,5-,6?,7-/m1/s1. The summed E-state index contributed by atoms with van der Waals surface area (Å²) in [6.07, 6.45) is -2.82. The Labute approximate surface area is 65.2 Å². The topological polar surface area (TPSA) is 52.5 Å². The van der Waals surface area contributed by atoms with E-state index in [-0.39, 0.29) is 0 Å². The van der Waals surface area contributed by atoms with Crippen LogP contribution >= 0.6 is 0 Å².